The SMILES string of the molecule is NC(=O)c1ccc2c(c1)OC(c1ccc(F)cc1)N2O. The largest absolute Gasteiger partial charge is 0.462 e. The molecule has 2 aromatic carbocycles. The van der Waals surface area contributed by atoms with Crippen LogP contribution in [0.5, 0.6) is 5.75 Å². The lowest BCUT2D eigenvalue weighted by molar-refractivity contribution is 0.0999. The highest BCUT2D eigenvalue weighted by atomic mass is 19.1. The van der Waals surface area contributed by atoms with E-state index >= 15 is 0 Å². The Bertz CT molecular complexity index is 673. The Morgan fingerprint density at radius 3 is 2.60 bits per heavy atom. The molecule has 1 unspecified atom stereocenters. The number of nitrogens with two attached hydrogens (primary N) is 1. The Kier molecular flexibility index (Phi) is 2.80. The molecular weight excluding hydrogens is 263 g/mol. The van der Waals surface area contributed by atoms with E-state index in [4.69, 9.17) is 10.5 Å². The van der Waals surface area contributed by atoms with Crippen molar-refractivity contribution in [3.63, 3.8) is 0 Å². The summed E-state index contributed by atoms with van der Waals surface area (Å²) in [7, 11) is 0. The van der Waals surface area contributed by atoms with Crippen molar-refractivity contribution >= 4 is 11.6 Å². The van der Waals surface area contributed by atoms with Crippen LogP contribution in [-0.2, 0) is 0 Å². The van der Waals surface area contributed by atoms with Gasteiger partial charge >= 0.3 is 0 Å². The Labute approximate surface area is 114 Å². The number of benzene rings is 2. The van der Waals surface area contributed by atoms with Crippen LogP contribution in [0.1, 0.15) is 22.1 Å². The highest BCUT2D eigenvalue weighted by Crippen LogP contribution is 2.42. The number of rotatable bonds is 2. The number of hydroxylamine groups is 1. The molecule has 5 nitrogen and oxygen atoms in total. The molecule has 0 aliphatic carbocycles. The second kappa shape index (κ2) is 4.50. The molecule has 102 valence electrons. The number of hydrogen-bond donors (Lipinski definition) is 2. The number of carbonyl (C=O) groups is 1. The van der Waals surface area contributed by atoms with Crippen molar-refractivity contribution in [2.75, 3.05) is 5.06 Å². The number of halogens is 1. The summed E-state index contributed by atoms with van der Waals surface area (Å²) in [5.41, 5.74) is 6.49. The molecule has 0 fully saturated rings. The van der Waals surface area contributed by atoms with Crippen LogP contribution in [0.15, 0.2) is 42.5 Å². The molecule has 3 N–H and O–H groups in total. The summed E-state index contributed by atoms with van der Waals surface area (Å²) in [6.07, 6.45) is -0.784. The van der Waals surface area contributed by atoms with Crippen LogP contribution in [0.4, 0.5) is 10.1 Å². The number of ether oxygens (including phenoxy) is 1. The fourth-order valence-corrected chi connectivity index (χ4v) is 2.08. The molecule has 20 heavy (non-hydrogen) atoms. The second-order valence-electron chi connectivity index (χ2n) is 4.41. The quantitative estimate of drug-likeness (QED) is 0.880. The van der Waals surface area contributed by atoms with E-state index < -0.39 is 12.1 Å². The van der Waals surface area contributed by atoms with E-state index in [1.807, 2.05) is 0 Å². The van der Waals surface area contributed by atoms with E-state index in [2.05, 4.69) is 0 Å². The summed E-state index contributed by atoms with van der Waals surface area (Å²) in [6, 6.07) is 10.1. The number of fused-ring (bicyclic) bond motifs is 1. The molecule has 0 radical (unpaired) electrons. The van der Waals surface area contributed by atoms with Crippen LogP contribution in [0.2, 0.25) is 0 Å². The van der Waals surface area contributed by atoms with Crippen LogP contribution in [0, 0.1) is 5.82 Å². The van der Waals surface area contributed by atoms with Gasteiger partial charge in [0, 0.05) is 11.1 Å². The van der Waals surface area contributed by atoms with Gasteiger partial charge in [-0.3, -0.25) is 10.0 Å². The van der Waals surface area contributed by atoms with Crippen LogP contribution < -0.4 is 15.5 Å². The number of hydrogen-bond acceptors (Lipinski definition) is 4. The summed E-state index contributed by atoms with van der Waals surface area (Å²) < 4.78 is 18.5. The monoisotopic (exact) mass is 274 g/mol. The first-order valence-electron chi connectivity index (χ1n) is 5.90. The fourth-order valence-electron chi connectivity index (χ4n) is 2.08. The van der Waals surface area contributed by atoms with Gasteiger partial charge in [-0.05, 0) is 30.3 Å². The number of carbonyl (C=O) groups excluding carboxylic acids is 1. The second-order valence-corrected chi connectivity index (χ2v) is 4.41. The predicted octanol–water partition coefficient (Wildman–Crippen LogP) is 2.21. The van der Waals surface area contributed by atoms with Crippen LogP contribution >= 0.6 is 0 Å². The van der Waals surface area contributed by atoms with E-state index in [1.165, 1.54) is 36.4 Å². The predicted molar refractivity (Wildman–Crippen MR) is 69.0 cm³/mol. The lowest BCUT2D eigenvalue weighted by Gasteiger charge is -2.18. The van der Waals surface area contributed by atoms with Crippen molar-refractivity contribution in [1.82, 2.24) is 0 Å². The summed E-state index contributed by atoms with van der Waals surface area (Å²) in [6.45, 7) is 0. The Morgan fingerprint density at radius 2 is 1.95 bits per heavy atom. The summed E-state index contributed by atoms with van der Waals surface area (Å²) in [5, 5.41) is 11.0. The van der Waals surface area contributed by atoms with Gasteiger partial charge in [-0.2, -0.15) is 0 Å². The zero-order valence-electron chi connectivity index (χ0n) is 10.3. The minimum Gasteiger partial charge on any atom is -0.462 e. The van der Waals surface area contributed by atoms with Crippen molar-refractivity contribution in [1.29, 1.82) is 0 Å². The average molecular weight is 274 g/mol. The van der Waals surface area contributed by atoms with E-state index in [9.17, 15) is 14.4 Å². The van der Waals surface area contributed by atoms with Gasteiger partial charge in [0.05, 0.1) is 0 Å². The zero-order valence-corrected chi connectivity index (χ0v) is 10.3. The molecule has 0 aromatic heterocycles. The molecule has 0 saturated carbocycles. The first-order valence-corrected chi connectivity index (χ1v) is 5.90. The maximum atomic E-state index is 12.9. The zero-order chi connectivity index (χ0) is 14.3. The van der Waals surface area contributed by atoms with Gasteiger partial charge in [-0.25, -0.2) is 9.45 Å². The molecule has 0 spiro atoms. The summed E-state index contributed by atoms with van der Waals surface area (Å²) >= 11 is 0. The summed E-state index contributed by atoms with van der Waals surface area (Å²) in [5.74, 6) is -0.603. The lowest BCUT2D eigenvalue weighted by Crippen LogP contribution is -2.23. The van der Waals surface area contributed by atoms with Crippen molar-refractivity contribution in [3.8, 4) is 5.75 Å². The molecular formula is C14H11FN2O3. The number of primary amides is 1. The minimum atomic E-state index is -0.784. The molecule has 0 saturated heterocycles. The highest BCUT2D eigenvalue weighted by Gasteiger charge is 2.31. The van der Waals surface area contributed by atoms with Gasteiger partial charge in [-0.15, -0.1) is 0 Å². The van der Waals surface area contributed by atoms with Crippen molar-refractivity contribution in [2.24, 2.45) is 5.73 Å². The molecule has 1 aliphatic heterocycles. The van der Waals surface area contributed by atoms with Crippen molar-refractivity contribution < 1.29 is 19.1 Å². The van der Waals surface area contributed by atoms with Gasteiger partial charge in [0.15, 0.2) is 0 Å². The Hall–Kier alpha value is -2.60. The normalized spacial score (nSPS) is 16.7. The molecule has 1 atom stereocenters. The van der Waals surface area contributed by atoms with Crippen LogP contribution in [0.3, 0.4) is 0 Å². The third-order valence-electron chi connectivity index (χ3n) is 3.11. The van der Waals surface area contributed by atoms with Gasteiger partial charge < -0.3 is 10.5 Å². The third kappa shape index (κ3) is 1.96. The molecule has 1 aliphatic rings. The van der Waals surface area contributed by atoms with Gasteiger partial charge in [0.2, 0.25) is 12.1 Å². The molecule has 1 amide bonds. The fraction of sp³-hybridized carbons (Fsp3) is 0.0714. The third-order valence-corrected chi connectivity index (χ3v) is 3.11. The van der Waals surface area contributed by atoms with E-state index in [1.54, 1.807) is 6.07 Å². The Balaban J connectivity index is 1.95. The maximum absolute atomic E-state index is 12.9. The van der Waals surface area contributed by atoms with Crippen molar-refractivity contribution in [3.05, 3.63) is 59.4 Å². The Morgan fingerprint density at radius 1 is 1.25 bits per heavy atom. The molecule has 2 aromatic rings. The molecule has 6 heteroatoms. The maximum Gasteiger partial charge on any atom is 0.248 e. The van der Waals surface area contributed by atoms with Gasteiger partial charge in [-0.1, -0.05) is 12.1 Å². The van der Waals surface area contributed by atoms with Gasteiger partial charge in [0.25, 0.3) is 0 Å². The molecule has 0 bridgehead atoms. The minimum absolute atomic E-state index is 0.289. The smallest absolute Gasteiger partial charge is 0.248 e. The highest BCUT2D eigenvalue weighted by molar-refractivity contribution is 5.94. The van der Waals surface area contributed by atoms with Crippen LogP contribution in [0.25, 0.3) is 0 Å². The number of amides is 1. The summed E-state index contributed by atoms with van der Waals surface area (Å²) in [4.78, 5) is 11.1. The van der Waals surface area contributed by atoms with E-state index in [-0.39, 0.29) is 11.4 Å². The first kappa shape index (κ1) is 12.4. The molecule has 1 heterocycles. The number of anilines is 1. The van der Waals surface area contributed by atoms with Crippen molar-refractivity contribution in [2.45, 2.75) is 6.23 Å². The average Bonchev–Trinajstić information content (AvgIpc) is 2.76. The van der Waals surface area contributed by atoms with E-state index in [0.29, 0.717) is 17.0 Å². The molecule has 3 rings (SSSR count). The van der Waals surface area contributed by atoms with Crippen LogP contribution in [-0.4, -0.2) is 11.1 Å². The lowest BCUT2D eigenvalue weighted by atomic mass is 10.2. The van der Waals surface area contributed by atoms with E-state index in [0.717, 1.165) is 5.06 Å². The first-order chi connectivity index (χ1) is 9.56. The topological polar surface area (TPSA) is 75.8 Å². The number of nitrogens with zero attached hydrogens (tertiary/aromatic N) is 1. The standard InChI is InChI=1S/C14H11FN2O3/c15-10-4-1-8(2-5-10)14-17(19)11-6-3-9(13(16)18)7-12(11)20-14/h1-7,14,19H,(H2,16,18). The van der Waals surface area contributed by atoms with Gasteiger partial charge in [0.1, 0.15) is 17.3 Å².